The summed E-state index contributed by atoms with van der Waals surface area (Å²) in [5.74, 6) is -2.56. The van der Waals surface area contributed by atoms with Crippen LogP contribution in [0.25, 0.3) is 6.08 Å². The summed E-state index contributed by atoms with van der Waals surface area (Å²) in [4.78, 5) is 13.9. The van der Waals surface area contributed by atoms with Gasteiger partial charge in [0.25, 0.3) is 0 Å². The summed E-state index contributed by atoms with van der Waals surface area (Å²) < 4.78 is 41.7. The van der Waals surface area contributed by atoms with Crippen LogP contribution < -0.4 is 0 Å². The monoisotopic (exact) mass is 366 g/mol. The molecule has 0 bridgehead atoms. The van der Waals surface area contributed by atoms with Gasteiger partial charge in [0.2, 0.25) is 5.91 Å². The van der Waals surface area contributed by atoms with Crippen molar-refractivity contribution in [3.8, 4) is 0 Å². The molecule has 138 valence electrons. The van der Waals surface area contributed by atoms with Gasteiger partial charge in [0.1, 0.15) is 5.82 Å². The van der Waals surface area contributed by atoms with Gasteiger partial charge in [-0.2, -0.15) is 0 Å². The normalized spacial score (nSPS) is 14.8. The number of benzene rings is 1. The third kappa shape index (κ3) is 3.62. The lowest BCUT2D eigenvalue weighted by Gasteiger charge is -2.28. The smallest absolute Gasteiger partial charge is 0.225 e. The summed E-state index contributed by atoms with van der Waals surface area (Å²) in [5.41, 5.74) is -0.182. The van der Waals surface area contributed by atoms with E-state index in [1.165, 1.54) is 4.90 Å². The Morgan fingerprint density at radius 2 is 1.96 bits per heavy atom. The van der Waals surface area contributed by atoms with E-state index in [4.69, 9.17) is 0 Å². The third-order valence-corrected chi connectivity index (χ3v) is 4.27. The molecular weight excluding hydrogens is 349 g/mol. The number of rotatable bonds is 5. The van der Waals surface area contributed by atoms with Crippen molar-refractivity contribution in [2.45, 2.75) is 32.0 Å². The van der Waals surface area contributed by atoms with Gasteiger partial charge in [-0.05, 0) is 17.7 Å². The first-order chi connectivity index (χ1) is 12.4. The molecule has 1 aromatic heterocycles. The summed E-state index contributed by atoms with van der Waals surface area (Å²) in [5, 5.41) is 18.0. The average molecular weight is 366 g/mol. The first-order valence-corrected chi connectivity index (χ1v) is 8.02. The molecule has 0 fully saturated rings. The molecule has 0 aliphatic carbocycles. The second kappa shape index (κ2) is 7.28. The maximum Gasteiger partial charge on any atom is 0.225 e. The van der Waals surface area contributed by atoms with E-state index in [0.717, 1.165) is 0 Å². The maximum absolute atomic E-state index is 13.6. The summed E-state index contributed by atoms with van der Waals surface area (Å²) in [6.45, 7) is 4.80. The van der Waals surface area contributed by atoms with Crippen LogP contribution in [0.15, 0.2) is 18.7 Å². The Morgan fingerprint density at radius 1 is 1.23 bits per heavy atom. The number of halogens is 3. The number of hydrogen-bond acceptors (Lipinski definition) is 4. The lowest BCUT2D eigenvalue weighted by atomic mass is 10.0. The summed E-state index contributed by atoms with van der Waals surface area (Å²) in [7, 11) is 0. The van der Waals surface area contributed by atoms with E-state index in [9.17, 15) is 23.1 Å². The second-order valence-electron chi connectivity index (χ2n) is 6.07. The van der Waals surface area contributed by atoms with Crippen molar-refractivity contribution in [2.75, 3.05) is 6.54 Å². The number of hydrogen-bond donors (Lipinski definition) is 1. The van der Waals surface area contributed by atoms with Gasteiger partial charge in [0.05, 0.1) is 19.1 Å². The standard InChI is InChI=1S/C17H17F3N4O2/c1-2-15-21-22-16-9-23(3-4-24(15)16)17(26)7-11(25)5-10-6-13(19)14(20)8-12(10)18/h2,6,8,11,25H,1,3-5,7,9H2. The van der Waals surface area contributed by atoms with Crippen molar-refractivity contribution < 1.29 is 23.1 Å². The van der Waals surface area contributed by atoms with Crippen molar-refractivity contribution in [1.29, 1.82) is 0 Å². The van der Waals surface area contributed by atoms with E-state index in [-0.39, 0.29) is 30.9 Å². The SMILES string of the molecule is C=Cc1nnc2n1CCN(C(=O)CC(O)Cc1cc(F)c(F)cc1F)C2. The molecule has 9 heteroatoms. The van der Waals surface area contributed by atoms with E-state index >= 15 is 0 Å². The average Bonchev–Trinajstić information content (AvgIpc) is 3.01. The van der Waals surface area contributed by atoms with Crippen molar-refractivity contribution in [3.63, 3.8) is 0 Å². The lowest BCUT2D eigenvalue weighted by Crippen LogP contribution is -2.40. The van der Waals surface area contributed by atoms with Crippen LogP contribution in [0.1, 0.15) is 23.6 Å². The van der Waals surface area contributed by atoms with Gasteiger partial charge < -0.3 is 14.6 Å². The molecule has 1 aliphatic heterocycles. The molecule has 2 heterocycles. The Bertz CT molecular complexity index is 853. The number of carbonyl (C=O) groups excluding carboxylic acids is 1. The molecule has 0 saturated heterocycles. The zero-order valence-corrected chi connectivity index (χ0v) is 13.8. The quantitative estimate of drug-likeness (QED) is 0.818. The van der Waals surface area contributed by atoms with Gasteiger partial charge >= 0.3 is 0 Å². The van der Waals surface area contributed by atoms with E-state index < -0.39 is 23.6 Å². The maximum atomic E-state index is 13.6. The highest BCUT2D eigenvalue weighted by atomic mass is 19.2. The van der Waals surface area contributed by atoms with E-state index in [1.54, 1.807) is 6.08 Å². The van der Waals surface area contributed by atoms with E-state index in [2.05, 4.69) is 16.8 Å². The fraction of sp³-hybridized carbons (Fsp3) is 0.353. The molecule has 0 radical (unpaired) electrons. The van der Waals surface area contributed by atoms with Crippen LogP contribution in [0, 0.1) is 17.5 Å². The van der Waals surface area contributed by atoms with Crippen molar-refractivity contribution >= 4 is 12.0 Å². The topological polar surface area (TPSA) is 71.2 Å². The van der Waals surface area contributed by atoms with Gasteiger partial charge in [0, 0.05) is 25.6 Å². The van der Waals surface area contributed by atoms with Crippen LogP contribution in [0.2, 0.25) is 0 Å². The lowest BCUT2D eigenvalue weighted by molar-refractivity contribution is -0.134. The van der Waals surface area contributed by atoms with Gasteiger partial charge in [-0.3, -0.25) is 4.79 Å². The molecule has 1 atom stereocenters. The minimum atomic E-state index is -1.30. The van der Waals surface area contributed by atoms with Crippen LogP contribution in [0.4, 0.5) is 13.2 Å². The van der Waals surface area contributed by atoms with Gasteiger partial charge in [-0.15, -0.1) is 10.2 Å². The predicted molar refractivity (Wildman–Crippen MR) is 86.2 cm³/mol. The van der Waals surface area contributed by atoms with E-state index in [1.807, 2.05) is 4.57 Å². The van der Waals surface area contributed by atoms with Crippen LogP contribution in [-0.2, 0) is 24.3 Å². The fourth-order valence-electron chi connectivity index (χ4n) is 2.92. The van der Waals surface area contributed by atoms with Gasteiger partial charge in [0.15, 0.2) is 23.3 Å². The molecular formula is C17H17F3N4O2. The Morgan fingerprint density at radius 3 is 2.69 bits per heavy atom. The minimum Gasteiger partial charge on any atom is -0.392 e. The Hall–Kier alpha value is -2.68. The van der Waals surface area contributed by atoms with Crippen LogP contribution in [0.5, 0.6) is 0 Å². The number of aromatic nitrogens is 3. The van der Waals surface area contributed by atoms with Crippen LogP contribution >= 0.6 is 0 Å². The molecule has 0 saturated carbocycles. The van der Waals surface area contributed by atoms with Crippen LogP contribution in [-0.4, -0.2) is 43.3 Å². The van der Waals surface area contributed by atoms with Crippen molar-refractivity contribution in [3.05, 3.63) is 53.4 Å². The van der Waals surface area contributed by atoms with Gasteiger partial charge in [-0.25, -0.2) is 13.2 Å². The molecule has 1 aromatic carbocycles. The molecule has 1 N–H and O–H groups in total. The molecule has 1 unspecified atom stereocenters. The first kappa shape index (κ1) is 18.1. The highest BCUT2D eigenvalue weighted by molar-refractivity contribution is 5.76. The highest BCUT2D eigenvalue weighted by Gasteiger charge is 2.25. The second-order valence-corrected chi connectivity index (χ2v) is 6.07. The molecule has 6 nitrogen and oxygen atoms in total. The highest BCUT2D eigenvalue weighted by Crippen LogP contribution is 2.18. The summed E-state index contributed by atoms with van der Waals surface area (Å²) in [6, 6.07) is 1.12. The molecule has 1 aliphatic rings. The first-order valence-electron chi connectivity index (χ1n) is 8.02. The summed E-state index contributed by atoms with van der Waals surface area (Å²) >= 11 is 0. The zero-order chi connectivity index (χ0) is 18.8. The number of carbonyl (C=O) groups is 1. The van der Waals surface area contributed by atoms with E-state index in [0.29, 0.717) is 36.9 Å². The Kier molecular flexibility index (Phi) is 5.08. The fourth-order valence-corrected chi connectivity index (χ4v) is 2.92. The van der Waals surface area contributed by atoms with Gasteiger partial charge in [-0.1, -0.05) is 6.58 Å². The van der Waals surface area contributed by atoms with Crippen molar-refractivity contribution in [2.24, 2.45) is 0 Å². The predicted octanol–water partition coefficient (Wildman–Crippen LogP) is 1.67. The Balaban J connectivity index is 1.61. The van der Waals surface area contributed by atoms with Crippen LogP contribution in [0.3, 0.4) is 0 Å². The Labute approximate surface area is 147 Å². The third-order valence-electron chi connectivity index (χ3n) is 4.27. The number of aliphatic hydroxyl groups is 1. The molecule has 3 rings (SSSR count). The molecule has 1 amide bonds. The van der Waals surface area contributed by atoms with Crippen molar-refractivity contribution in [1.82, 2.24) is 19.7 Å². The largest absolute Gasteiger partial charge is 0.392 e. The minimum absolute atomic E-state index is 0.182. The number of amides is 1. The number of fused-ring (bicyclic) bond motifs is 1. The molecule has 26 heavy (non-hydrogen) atoms. The zero-order valence-electron chi connectivity index (χ0n) is 13.8. The molecule has 2 aromatic rings. The number of aliphatic hydroxyl groups excluding tert-OH is 1. The summed E-state index contributed by atoms with van der Waals surface area (Å²) in [6.07, 6.45) is -0.195. The molecule has 0 spiro atoms. The number of nitrogens with zero attached hydrogens (tertiary/aromatic N) is 4.